The number of hydrogen-bond acceptors (Lipinski definition) is 6. The van der Waals surface area contributed by atoms with E-state index in [1.165, 1.54) is 5.69 Å². The summed E-state index contributed by atoms with van der Waals surface area (Å²) >= 11 is 0. The van der Waals surface area contributed by atoms with Crippen molar-refractivity contribution in [3.8, 4) is 0 Å². The van der Waals surface area contributed by atoms with E-state index in [0.717, 1.165) is 54.0 Å². The number of allylic oxidation sites excluding steroid dienone is 4. The number of nitrogens with one attached hydrogen (secondary N) is 1. The second-order valence-electron chi connectivity index (χ2n) is 9.41. The lowest BCUT2D eigenvalue weighted by molar-refractivity contribution is 0.313. The Labute approximate surface area is 223 Å². The van der Waals surface area contributed by atoms with Crippen molar-refractivity contribution in [1.29, 1.82) is 0 Å². The fourth-order valence-corrected chi connectivity index (χ4v) is 4.72. The summed E-state index contributed by atoms with van der Waals surface area (Å²) in [5, 5.41) is 4.08. The Bertz CT molecular complexity index is 1530. The number of rotatable bonds is 8. The Kier molecular flexibility index (Phi) is 7.47. The molecule has 1 N–H and O–H groups in total. The van der Waals surface area contributed by atoms with Crippen LogP contribution in [0, 0.1) is 0 Å². The van der Waals surface area contributed by atoms with Gasteiger partial charge in [0.2, 0.25) is 5.95 Å². The Morgan fingerprint density at radius 2 is 1.68 bits per heavy atom. The van der Waals surface area contributed by atoms with Gasteiger partial charge in [0, 0.05) is 55.2 Å². The smallest absolute Gasteiger partial charge is 0.252 e. The number of nitrogens with zero attached hydrogens (tertiary/aromatic N) is 5. The van der Waals surface area contributed by atoms with E-state index in [1.807, 2.05) is 42.5 Å². The average Bonchev–Trinajstić information content (AvgIpc) is 2.95. The van der Waals surface area contributed by atoms with Gasteiger partial charge in [0.15, 0.2) is 0 Å². The molecule has 38 heavy (non-hydrogen) atoms. The molecule has 0 bridgehead atoms. The van der Waals surface area contributed by atoms with Gasteiger partial charge >= 0.3 is 0 Å². The number of benzene rings is 2. The number of aromatic nitrogens is 3. The first-order valence-corrected chi connectivity index (χ1v) is 12.8. The molecule has 0 radical (unpaired) electrons. The van der Waals surface area contributed by atoms with Crippen molar-refractivity contribution >= 4 is 33.9 Å². The third-order valence-electron chi connectivity index (χ3n) is 6.92. The normalized spacial score (nSPS) is 14.7. The molecular weight excluding hydrogens is 472 g/mol. The summed E-state index contributed by atoms with van der Waals surface area (Å²) in [7, 11) is 2.16. The molecule has 1 saturated heterocycles. The predicted octanol–water partition coefficient (Wildman–Crippen LogP) is 5.11. The molecule has 0 amide bonds. The number of pyridine rings is 1. The molecule has 1 aliphatic rings. The maximum atomic E-state index is 13.0. The second kappa shape index (κ2) is 11.3. The van der Waals surface area contributed by atoms with Gasteiger partial charge in [-0.25, -0.2) is 4.98 Å². The zero-order valence-corrected chi connectivity index (χ0v) is 21.7. The highest BCUT2D eigenvalue weighted by Gasteiger charge is 2.15. The largest absolute Gasteiger partial charge is 0.369 e. The molecule has 4 aromatic rings. The molecule has 5 rings (SSSR count). The Balaban J connectivity index is 1.44. The van der Waals surface area contributed by atoms with E-state index in [-0.39, 0.29) is 5.56 Å². The number of likely N-dealkylation sites (N-methyl/N-ethyl adjacent to an activating group) is 1. The molecule has 192 valence electrons. The van der Waals surface area contributed by atoms with E-state index in [1.54, 1.807) is 35.0 Å². The van der Waals surface area contributed by atoms with Gasteiger partial charge in [0.25, 0.3) is 5.56 Å². The highest BCUT2D eigenvalue weighted by molar-refractivity contribution is 5.79. The molecule has 3 heterocycles. The maximum Gasteiger partial charge on any atom is 0.252 e. The van der Waals surface area contributed by atoms with E-state index in [2.05, 4.69) is 52.4 Å². The molecule has 1 aliphatic heterocycles. The third kappa shape index (κ3) is 5.43. The average molecular weight is 505 g/mol. The van der Waals surface area contributed by atoms with E-state index >= 15 is 0 Å². The van der Waals surface area contributed by atoms with Gasteiger partial charge < -0.3 is 15.1 Å². The molecule has 0 saturated carbocycles. The molecule has 7 heteroatoms. The Hall–Kier alpha value is -4.49. The third-order valence-corrected chi connectivity index (χ3v) is 6.92. The monoisotopic (exact) mass is 504 g/mol. The first-order chi connectivity index (χ1) is 18.6. The summed E-state index contributed by atoms with van der Waals surface area (Å²) in [6.45, 7) is 12.5. The van der Waals surface area contributed by atoms with Crippen molar-refractivity contribution in [2.45, 2.75) is 6.54 Å². The minimum Gasteiger partial charge on any atom is -0.369 e. The molecular formula is C31H32N6O. The molecule has 2 aromatic heterocycles. The van der Waals surface area contributed by atoms with Gasteiger partial charge in [-0.3, -0.25) is 9.36 Å². The zero-order chi connectivity index (χ0) is 26.5. The molecule has 2 aromatic carbocycles. The van der Waals surface area contributed by atoms with Crippen LogP contribution in [0.15, 0.2) is 109 Å². The van der Waals surface area contributed by atoms with Crippen LogP contribution in [-0.4, -0.2) is 52.7 Å². The highest BCUT2D eigenvalue weighted by Crippen LogP contribution is 2.24. The number of fused-ring (bicyclic) bond motifs is 1. The second-order valence-corrected chi connectivity index (χ2v) is 9.41. The number of hydrogen-bond donors (Lipinski definition) is 1. The summed E-state index contributed by atoms with van der Waals surface area (Å²) in [5.74, 6) is 0.431. The van der Waals surface area contributed by atoms with E-state index in [0.29, 0.717) is 18.1 Å². The van der Waals surface area contributed by atoms with Crippen LogP contribution in [0.2, 0.25) is 0 Å². The van der Waals surface area contributed by atoms with Crippen LogP contribution in [0.5, 0.6) is 0 Å². The van der Waals surface area contributed by atoms with Gasteiger partial charge in [-0.1, -0.05) is 55.6 Å². The van der Waals surface area contributed by atoms with Gasteiger partial charge in [0.05, 0.1) is 6.54 Å². The van der Waals surface area contributed by atoms with Gasteiger partial charge in [-0.05, 0) is 54.1 Å². The van der Waals surface area contributed by atoms with Crippen molar-refractivity contribution in [2.24, 2.45) is 0 Å². The SMILES string of the molecule is C=C/C(Cn1c(=O)ccc2cnc(Nc3ccc(N4CCN(C)CC4)cc3)nc21)=C(\C=C)c1ccccc1. The lowest BCUT2D eigenvalue weighted by Crippen LogP contribution is -2.44. The van der Waals surface area contributed by atoms with Crippen LogP contribution >= 0.6 is 0 Å². The molecule has 0 spiro atoms. The van der Waals surface area contributed by atoms with Crippen LogP contribution in [0.25, 0.3) is 16.6 Å². The summed E-state index contributed by atoms with van der Waals surface area (Å²) in [6, 6.07) is 21.6. The Morgan fingerprint density at radius 3 is 2.37 bits per heavy atom. The molecule has 0 aliphatic carbocycles. The van der Waals surface area contributed by atoms with Crippen molar-refractivity contribution in [3.63, 3.8) is 0 Å². The van der Waals surface area contributed by atoms with E-state index < -0.39 is 0 Å². The molecule has 0 unspecified atom stereocenters. The van der Waals surface area contributed by atoms with Crippen molar-refractivity contribution < 1.29 is 0 Å². The lowest BCUT2D eigenvalue weighted by Gasteiger charge is -2.34. The maximum absolute atomic E-state index is 13.0. The van der Waals surface area contributed by atoms with Crippen molar-refractivity contribution in [3.05, 3.63) is 120 Å². The van der Waals surface area contributed by atoms with Crippen molar-refractivity contribution in [2.75, 3.05) is 43.4 Å². The van der Waals surface area contributed by atoms with Crippen LogP contribution in [0.1, 0.15) is 5.56 Å². The number of anilines is 3. The summed E-state index contributed by atoms with van der Waals surface area (Å²) < 4.78 is 1.65. The first-order valence-electron chi connectivity index (χ1n) is 12.8. The zero-order valence-electron chi connectivity index (χ0n) is 21.7. The minimum absolute atomic E-state index is 0.144. The van der Waals surface area contributed by atoms with Crippen LogP contribution in [0.4, 0.5) is 17.3 Å². The van der Waals surface area contributed by atoms with E-state index in [4.69, 9.17) is 4.98 Å². The van der Waals surface area contributed by atoms with Crippen LogP contribution in [0.3, 0.4) is 0 Å². The Morgan fingerprint density at radius 1 is 0.947 bits per heavy atom. The van der Waals surface area contributed by atoms with Crippen LogP contribution in [-0.2, 0) is 6.54 Å². The fraction of sp³-hybridized carbons (Fsp3) is 0.194. The summed E-state index contributed by atoms with van der Waals surface area (Å²) in [5.41, 5.74) is 5.33. The lowest BCUT2D eigenvalue weighted by atomic mass is 9.99. The topological polar surface area (TPSA) is 66.3 Å². The summed E-state index contributed by atoms with van der Waals surface area (Å²) in [4.78, 5) is 27.0. The van der Waals surface area contributed by atoms with Gasteiger partial charge in [0.1, 0.15) is 5.65 Å². The van der Waals surface area contributed by atoms with Crippen LogP contribution < -0.4 is 15.8 Å². The molecule has 0 atom stereocenters. The van der Waals surface area contributed by atoms with Crippen molar-refractivity contribution in [1.82, 2.24) is 19.4 Å². The standard InChI is InChI=1S/C31H32N6O/c1-4-23(28(5-2)24-9-7-6-8-10-24)22-37-29(38)16-11-25-21-32-31(34-30(25)37)33-26-12-14-27(15-13-26)36-19-17-35(3)18-20-36/h4-16,21H,1-2,17-20,22H2,3H3,(H,32,33,34)/b28-23-. The molecule has 1 fully saturated rings. The van der Waals surface area contributed by atoms with Gasteiger partial charge in [-0.2, -0.15) is 4.98 Å². The highest BCUT2D eigenvalue weighted by atomic mass is 16.1. The number of piperazine rings is 1. The minimum atomic E-state index is -0.144. The molecule has 7 nitrogen and oxygen atoms in total. The van der Waals surface area contributed by atoms with E-state index in [9.17, 15) is 4.79 Å². The summed E-state index contributed by atoms with van der Waals surface area (Å²) in [6.07, 6.45) is 5.32. The predicted molar refractivity (Wildman–Crippen MR) is 157 cm³/mol. The first kappa shape index (κ1) is 25.2. The quantitative estimate of drug-likeness (QED) is 0.336. The van der Waals surface area contributed by atoms with Gasteiger partial charge in [-0.15, -0.1) is 0 Å². The fourth-order valence-electron chi connectivity index (χ4n) is 4.72.